The topological polar surface area (TPSA) is 64.5 Å². The third kappa shape index (κ3) is 3.21. The maximum atomic E-state index is 14.5. The number of carbonyl (C=O) groups is 2. The van der Waals surface area contributed by atoms with Crippen molar-refractivity contribution < 1.29 is 14.0 Å². The largest absolute Gasteiger partial charge is 0.445 e. The third-order valence-electron chi connectivity index (χ3n) is 13.2. The zero-order valence-corrected chi connectivity index (χ0v) is 25.0. The van der Waals surface area contributed by atoms with Crippen molar-refractivity contribution in [1.29, 1.82) is 0 Å². The molecule has 39 heavy (non-hydrogen) atoms. The van der Waals surface area contributed by atoms with Crippen LogP contribution in [0.4, 0.5) is 0 Å². The lowest BCUT2D eigenvalue weighted by atomic mass is 9.34. The Balaban J connectivity index is 1.48. The van der Waals surface area contributed by atoms with Crippen LogP contribution in [0.5, 0.6) is 0 Å². The van der Waals surface area contributed by atoms with Gasteiger partial charge in [-0.15, -0.1) is 0 Å². The fourth-order valence-corrected chi connectivity index (χ4v) is 10.5. The summed E-state index contributed by atoms with van der Waals surface area (Å²) in [5.41, 5.74) is -0.110. The number of ketones is 2. The highest BCUT2D eigenvalue weighted by Crippen LogP contribution is 2.74. The Hall–Kier alpha value is -2.48. The van der Waals surface area contributed by atoms with Crippen LogP contribution in [0, 0.1) is 58.3 Å². The fourth-order valence-electron chi connectivity index (χ4n) is 10.5. The van der Waals surface area contributed by atoms with E-state index in [2.05, 4.69) is 44.4 Å². The molecule has 0 spiro atoms. The molecular formula is C34H44N2O3. The van der Waals surface area contributed by atoms with Crippen molar-refractivity contribution in [2.24, 2.45) is 44.8 Å². The van der Waals surface area contributed by atoms with E-state index < -0.39 is 10.8 Å². The molecule has 3 saturated carbocycles. The van der Waals surface area contributed by atoms with Gasteiger partial charge in [0.1, 0.15) is 5.76 Å². The van der Waals surface area contributed by atoms with Gasteiger partial charge in [0, 0.05) is 22.2 Å². The number of allylic oxidation sites excluding steroid dienone is 4. The smallest absolute Gasteiger partial charge is 0.226 e. The molecule has 5 heteroatoms. The molecule has 8 atom stereocenters. The standard InChI is InChI=1S/C34H44N2O3/c1-20-19-36-28(39-20)31(5)13-12-30(4)14-15-34(8)26(21(30)17-31)23(37)16-25-32(6)18-22(35-9)27(38)29(2,3)24(32)10-11-33(25,34)7/h16,18-19,21,24,26H,10-15,17H2,1-8H3/t21-,24-,26-,30+,31-,32-,33+,34+/m0/s1. The summed E-state index contributed by atoms with van der Waals surface area (Å²) in [4.78, 5) is 36.1. The minimum absolute atomic E-state index is 0.0490. The van der Waals surface area contributed by atoms with Crippen molar-refractivity contribution in [3.05, 3.63) is 52.7 Å². The van der Waals surface area contributed by atoms with Crippen LogP contribution in [-0.4, -0.2) is 16.6 Å². The second kappa shape index (κ2) is 7.83. The molecule has 0 amide bonds. The molecular weight excluding hydrogens is 484 g/mol. The number of aromatic nitrogens is 1. The Morgan fingerprint density at radius 1 is 1.00 bits per heavy atom. The number of hydrogen-bond acceptors (Lipinski definition) is 4. The highest BCUT2D eigenvalue weighted by molar-refractivity contribution is 6.03. The second-order valence-corrected chi connectivity index (χ2v) is 15.6. The molecule has 0 unspecified atom stereocenters. The van der Waals surface area contributed by atoms with E-state index in [9.17, 15) is 9.59 Å². The van der Waals surface area contributed by atoms with Gasteiger partial charge in [-0.05, 0) is 86.0 Å². The zero-order valence-electron chi connectivity index (χ0n) is 25.0. The van der Waals surface area contributed by atoms with Crippen LogP contribution in [0.2, 0.25) is 0 Å². The summed E-state index contributed by atoms with van der Waals surface area (Å²) in [5, 5.41) is 0. The SMILES string of the molecule is [C-]#[N+]C1=C[C@]2(C)C3=CC(=O)[C@@H]4[C@@H]5C[C@@](C)(c6ncc(C)o6)CC[C@]5(C)CC[C@@]4(C)[C@]3(C)CC[C@H]2C(C)(C)C1=O. The Morgan fingerprint density at radius 2 is 1.69 bits per heavy atom. The van der Waals surface area contributed by atoms with E-state index in [-0.39, 0.29) is 56.7 Å². The van der Waals surface area contributed by atoms with Gasteiger partial charge in [-0.2, -0.15) is 0 Å². The first kappa shape index (κ1) is 26.7. The molecule has 208 valence electrons. The molecule has 0 N–H and O–H groups in total. The normalized spacial score (nSPS) is 46.6. The summed E-state index contributed by atoms with van der Waals surface area (Å²) in [6, 6.07) is 0. The van der Waals surface area contributed by atoms with Gasteiger partial charge in [0.2, 0.25) is 5.70 Å². The molecule has 0 bridgehead atoms. The Bertz CT molecular complexity index is 1390. The quantitative estimate of drug-likeness (QED) is 0.349. The molecule has 5 aliphatic carbocycles. The Kier molecular flexibility index (Phi) is 5.37. The van der Waals surface area contributed by atoms with Crippen LogP contribution in [0.25, 0.3) is 4.85 Å². The molecule has 6 rings (SSSR count). The van der Waals surface area contributed by atoms with E-state index in [1.807, 2.05) is 39.1 Å². The number of oxazole rings is 1. The van der Waals surface area contributed by atoms with Crippen LogP contribution in [0.15, 0.2) is 34.0 Å². The van der Waals surface area contributed by atoms with Gasteiger partial charge in [0.15, 0.2) is 17.5 Å². The second-order valence-electron chi connectivity index (χ2n) is 15.6. The summed E-state index contributed by atoms with van der Waals surface area (Å²) in [7, 11) is 0. The third-order valence-corrected chi connectivity index (χ3v) is 13.2. The van der Waals surface area contributed by atoms with Crippen LogP contribution < -0.4 is 0 Å². The molecule has 0 aliphatic heterocycles. The molecule has 5 nitrogen and oxygen atoms in total. The van der Waals surface area contributed by atoms with Crippen LogP contribution in [0.1, 0.15) is 105 Å². The van der Waals surface area contributed by atoms with E-state index in [0.717, 1.165) is 56.6 Å². The maximum absolute atomic E-state index is 14.5. The van der Waals surface area contributed by atoms with Gasteiger partial charge in [0.05, 0.1) is 12.8 Å². The maximum Gasteiger partial charge on any atom is 0.226 e. The number of Topliss-reactive ketones (excluding diaryl/α,β-unsaturated/α-hetero) is 1. The highest BCUT2D eigenvalue weighted by atomic mass is 16.4. The van der Waals surface area contributed by atoms with E-state index in [0.29, 0.717) is 0 Å². The molecule has 1 aromatic rings. The minimum atomic E-state index is -0.628. The van der Waals surface area contributed by atoms with Gasteiger partial charge < -0.3 is 9.21 Å². The molecule has 0 aromatic carbocycles. The zero-order chi connectivity index (χ0) is 28.4. The van der Waals surface area contributed by atoms with E-state index in [1.165, 1.54) is 5.57 Å². The summed E-state index contributed by atoms with van der Waals surface area (Å²) in [5.74, 6) is 2.15. The van der Waals surface area contributed by atoms with Crippen LogP contribution in [-0.2, 0) is 15.0 Å². The van der Waals surface area contributed by atoms with Crippen molar-refractivity contribution in [2.75, 3.05) is 0 Å². The van der Waals surface area contributed by atoms with Crippen molar-refractivity contribution in [3.8, 4) is 0 Å². The van der Waals surface area contributed by atoms with Gasteiger partial charge in [-0.25, -0.2) is 9.83 Å². The van der Waals surface area contributed by atoms with Crippen molar-refractivity contribution in [1.82, 2.24) is 4.98 Å². The highest BCUT2D eigenvalue weighted by Gasteiger charge is 2.69. The first-order valence-corrected chi connectivity index (χ1v) is 14.9. The average Bonchev–Trinajstić information content (AvgIpc) is 3.31. The van der Waals surface area contributed by atoms with Gasteiger partial charge >= 0.3 is 0 Å². The molecule has 1 heterocycles. The molecule has 1 aromatic heterocycles. The number of aryl methyl sites for hydroxylation is 1. The molecule has 0 saturated heterocycles. The predicted molar refractivity (Wildman–Crippen MR) is 150 cm³/mol. The van der Waals surface area contributed by atoms with Gasteiger partial charge in [-0.3, -0.25) is 4.79 Å². The lowest BCUT2D eigenvalue weighted by Crippen LogP contribution is -2.64. The number of nitrogens with zero attached hydrogens (tertiary/aromatic N) is 2. The molecule has 3 fully saturated rings. The van der Waals surface area contributed by atoms with Crippen molar-refractivity contribution >= 4 is 11.6 Å². The van der Waals surface area contributed by atoms with Crippen LogP contribution in [0.3, 0.4) is 0 Å². The van der Waals surface area contributed by atoms with E-state index >= 15 is 0 Å². The number of carbonyl (C=O) groups excluding carboxylic acids is 2. The summed E-state index contributed by atoms with van der Waals surface area (Å²) in [6.07, 6.45) is 12.8. The number of fused-ring (bicyclic) bond motifs is 7. The lowest BCUT2D eigenvalue weighted by Gasteiger charge is -2.69. The minimum Gasteiger partial charge on any atom is -0.445 e. The van der Waals surface area contributed by atoms with E-state index in [1.54, 1.807) is 0 Å². The molecule has 5 aliphatic rings. The van der Waals surface area contributed by atoms with E-state index in [4.69, 9.17) is 11.0 Å². The molecule has 0 radical (unpaired) electrons. The summed E-state index contributed by atoms with van der Waals surface area (Å²) in [6.45, 7) is 25.4. The lowest BCUT2D eigenvalue weighted by molar-refractivity contribution is -0.166. The van der Waals surface area contributed by atoms with Crippen molar-refractivity contribution in [2.45, 2.75) is 106 Å². The van der Waals surface area contributed by atoms with Gasteiger partial charge in [-0.1, -0.05) is 60.1 Å². The van der Waals surface area contributed by atoms with Crippen LogP contribution >= 0.6 is 0 Å². The number of hydrogen-bond donors (Lipinski definition) is 0. The average molecular weight is 529 g/mol. The monoisotopic (exact) mass is 528 g/mol. The van der Waals surface area contributed by atoms with Gasteiger partial charge in [0.25, 0.3) is 0 Å². The fraction of sp³-hybridized carbons (Fsp3) is 0.706. The number of rotatable bonds is 1. The predicted octanol–water partition coefficient (Wildman–Crippen LogP) is 7.81. The first-order chi connectivity index (χ1) is 18.1. The summed E-state index contributed by atoms with van der Waals surface area (Å²) < 4.78 is 6.09. The summed E-state index contributed by atoms with van der Waals surface area (Å²) >= 11 is 0. The first-order valence-electron chi connectivity index (χ1n) is 14.9. The van der Waals surface area contributed by atoms with Crippen molar-refractivity contribution in [3.63, 3.8) is 0 Å². The Labute approximate surface area is 233 Å². The Morgan fingerprint density at radius 3 is 2.33 bits per heavy atom.